The third kappa shape index (κ3) is 2.42. The third-order valence-electron chi connectivity index (χ3n) is 4.28. The van der Waals surface area contributed by atoms with Crippen molar-refractivity contribution in [2.75, 3.05) is 6.54 Å². The highest BCUT2D eigenvalue weighted by molar-refractivity contribution is 5.97. The van der Waals surface area contributed by atoms with Gasteiger partial charge in [0.25, 0.3) is 0 Å². The van der Waals surface area contributed by atoms with E-state index < -0.39 is 5.54 Å². The maximum absolute atomic E-state index is 12.7. The van der Waals surface area contributed by atoms with E-state index in [0.717, 1.165) is 11.1 Å². The number of hydrogen-bond acceptors (Lipinski definition) is 2. The molecule has 108 valence electrons. The Morgan fingerprint density at radius 2 is 2.00 bits per heavy atom. The molecule has 0 aliphatic carbocycles. The monoisotopic (exact) mass is 274 g/mol. The summed E-state index contributed by atoms with van der Waals surface area (Å²) in [5.41, 5.74) is 1.44. The summed E-state index contributed by atoms with van der Waals surface area (Å²) < 4.78 is 0. The van der Waals surface area contributed by atoms with E-state index in [-0.39, 0.29) is 24.4 Å². The first-order valence-electron chi connectivity index (χ1n) is 7.06. The zero-order valence-corrected chi connectivity index (χ0v) is 12.6. The molecule has 1 aliphatic rings. The average Bonchev–Trinajstić information content (AvgIpc) is 2.42. The molecule has 1 N–H and O–H groups in total. The van der Waals surface area contributed by atoms with Crippen LogP contribution in [0.2, 0.25) is 0 Å². The van der Waals surface area contributed by atoms with E-state index in [1.807, 2.05) is 45.0 Å². The zero-order valence-electron chi connectivity index (χ0n) is 12.6. The van der Waals surface area contributed by atoms with Gasteiger partial charge in [0.2, 0.25) is 11.8 Å². The van der Waals surface area contributed by atoms with E-state index in [2.05, 4.69) is 5.32 Å². The maximum atomic E-state index is 12.7. The third-order valence-corrected chi connectivity index (χ3v) is 4.28. The number of carbonyl (C=O) groups is 2. The molecule has 0 radical (unpaired) electrons. The fraction of sp³-hybridized carbons (Fsp3) is 0.500. The van der Waals surface area contributed by atoms with Crippen LogP contribution in [0, 0.1) is 6.92 Å². The molecule has 0 spiro atoms. The van der Waals surface area contributed by atoms with Gasteiger partial charge < -0.3 is 10.2 Å². The van der Waals surface area contributed by atoms with Crippen LogP contribution in [-0.2, 0) is 9.59 Å². The Balaban J connectivity index is 2.34. The summed E-state index contributed by atoms with van der Waals surface area (Å²) in [6, 6.07) is 7.89. The Bertz CT molecular complexity index is 541. The minimum atomic E-state index is -0.785. The largest absolute Gasteiger partial charge is 0.340 e. The molecule has 2 amide bonds. The number of rotatable bonds is 3. The fourth-order valence-corrected chi connectivity index (χ4v) is 2.72. The predicted molar refractivity (Wildman–Crippen MR) is 78.1 cm³/mol. The van der Waals surface area contributed by atoms with Crippen LogP contribution in [0.1, 0.15) is 44.4 Å². The van der Waals surface area contributed by atoms with Gasteiger partial charge in [-0.1, -0.05) is 31.2 Å². The van der Waals surface area contributed by atoms with Crippen LogP contribution in [-0.4, -0.2) is 28.8 Å². The van der Waals surface area contributed by atoms with Crippen molar-refractivity contribution in [1.29, 1.82) is 0 Å². The number of hydrogen-bond donors (Lipinski definition) is 1. The molecule has 1 aliphatic heterocycles. The Hall–Kier alpha value is -1.84. The maximum Gasteiger partial charge on any atom is 0.248 e. The number of carbonyl (C=O) groups excluding carboxylic acids is 2. The van der Waals surface area contributed by atoms with Gasteiger partial charge in [0.05, 0.1) is 6.04 Å². The molecule has 0 bridgehead atoms. The van der Waals surface area contributed by atoms with Gasteiger partial charge in [-0.2, -0.15) is 0 Å². The number of aryl methyl sites for hydroxylation is 1. The highest BCUT2D eigenvalue weighted by Crippen LogP contribution is 2.28. The second-order valence-electron chi connectivity index (χ2n) is 5.70. The fourth-order valence-electron chi connectivity index (χ4n) is 2.72. The van der Waals surface area contributed by atoms with Gasteiger partial charge in [-0.15, -0.1) is 0 Å². The molecule has 2 atom stereocenters. The van der Waals surface area contributed by atoms with Gasteiger partial charge in [0, 0.05) is 0 Å². The molecule has 1 aromatic carbocycles. The molecule has 1 aromatic rings. The van der Waals surface area contributed by atoms with E-state index in [0.29, 0.717) is 6.42 Å². The average molecular weight is 274 g/mol. The van der Waals surface area contributed by atoms with Crippen molar-refractivity contribution in [3.8, 4) is 0 Å². The quantitative estimate of drug-likeness (QED) is 0.918. The second kappa shape index (κ2) is 5.27. The number of amides is 2. The highest BCUT2D eigenvalue weighted by Gasteiger charge is 2.43. The predicted octanol–water partition coefficient (Wildman–Crippen LogP) is 2.18. The number of nitrogens with one attached hydrogen (secondary N) is 1. The summed E-state index contributed by atoms with van der Waals surface area (Å²) in [5.74, 6) is -0.0928. The lowest BCUT2D eigenvalue weighted by Crippen LogP contribution is -2.65. The van der Waals surface area contributed by atoms with Crippen LogP contribution < -0.4 is 5.32 Å². The van der Waals surface area contributed by atoms with E-state index in [1.54, 1.807) is 11.8 Å². The van der Waals surface area contributed by atoms with Gasteiger partial charge in [0.1, 0.15) is 12.1 Å². The lowest BCUT2D eigenvalue weighted by atomic mass is 9.91. The minimum absolute atomic E-state index is 0.00430. The summed E-state index contributed by atoms with van der Waals surface area (Å²) in [7, 11) is 0. The first kappa shape index (κ1) is 14.6. The van der Waals surface area contributed by atoms with E-state index in [4.69, 9.17) is 0 Å². The van der Waals surface area contributed by atoms with E-state index in [9.17, 15) is 9.59 Å². The van der Waals surface area contributed by atoms with E-state index >= 15 is 0 Å². The zero-order chi connectivity index (χ0) is 14.9. The SMILES string of the molecule is CCC1(C)NC(=O)CN(C(C)c2ccccc2C)C1=O. The first-order chi connectivity index (χ1) is 9.39. The molecule has 2 rings (SSSR count). The van der Waals surface area contributed by atoms with Crippen molar-refractivity contribution in [1.82, 2.24) is 10.2 Å². The Morgan fingerprint density at radius 1 is 1.35 bits per heavy atom. The summed E-state index contributed by atoms with van der Waals surface area (Å²) in [6.07, 6.45) is 0.592. The van der Waals surface area contributed by atoms with E-state index in [1.165, 1.54) is 0 Å². The van der Waals surface area contributed by atoms with Crippen LogP contribution in [0.5, 0.6) is 0 Å². The molecule has 0 saturated carbocycles. The summed E-state index contributed by atoms with van der Waals surface area (Å²) in [6.45, 7) is 7.85. The summed E-state index contributed by atoms with van der Waals surface area (Å²) in [5, 5.41) is 2.81. The van der Waals surface area contributed by atoms with Crippen molar-refractivity contribution in [2.45, 2.75) is 45.7 Å². The second-order valence-corrected chi connectivity index (χ2v) is 5.70. The van der Waals surface area contributed by atoms with Crippen molar-refractivity contribution >= 4 is 11.8 Å². The van der Waals surface area contributed by atoms with Crippen LogP contribution in [0.4, 0.5) is 0 Å². The van der Waals surface area contributed by atoms with Crippen molar-refractivity contribution < 1.29 is 9.59 Å². The van der Waals surface area contributed by atoms with Gasteiger partial charge in [-0.3, -0.25) is 9.59 Å². The molecule has 4 heteroatoms. The normalized spacial score (nSPS) is 24.5. The van der Waals surface area contributed by atoms with Crippen molar-refractivity contribution in [3.63, 3.8) is 0 Å². The number of piperazine rings is 1. The lowest BCUT2D eigenvalue weighted by Gasteiger charge is -2.42. The molecule has 2 unspecified atom stereocenters. The topological polar surface area (TPSA) is 49.4 Å². The molecule has 1 heterocycles. The molecule has 1 fully saturated rings. The van der Waals surface area contributed by atoms with Crippen LogP contribution in [0.15, 0.2) is 24.3 Å². The number of benzene rings is 1. The van der Waals surface area contributed by atoms with Crippen LogP contribution >= 0.6 is 0 Å². The van der Waals surface area contributed by atoms with Crippen molar-refractivity contribution in [3.05, 3.63) is 35.4 Å². The van der Waals surface area contributed by atoms with Crippen LogP contribution in [0.25, 0.3) is 0 Å². The highest BCUT2D eigenvalue weighted by atomic mass is 16.2. The minimum Gasteiger partial charge on any atom is -0.340 e. The Kier molecular flexibility index (Phi) is 3.84. The molecule has 1 saturated heterocycles. The standard InChI is InChI=1S/C16H22N2O2/c1-5-16(4)15(20)18(10-14(19)17-16)12(3)13-9-7-6-8-11(13)2/h6-9,12H,5,10H2,1-4H3,(H,17,19). The first-order valence-corrected chi connectivity index (χ1v) is 7.06. The molecular weight excluding hydrogens is 252 g/mol. The summed E-state index contributed by atoms with van der Waals surface area (Å²) >= 11 is 0. The van der Waals surface area contributed by atoms with Gasteiger partial charge in [-0.05, 0) is 38.3 Å². The van der Waals surface area contributed by atoms with Crippen molar-refractivity contribution in [2.24, 2.45) is 0 Å². The Labute approximate surface area is 120 Å². The smallest absolute Gasteiger partial charge is 0.248 e. The van der Waals surface area contributed by atoms with Gasteiger partial charge in [-0.25, -0.2) is 0 Å². The molecule has 4 nitrogen and oxygen atoms in total. The van der Waals surface area contributed by atoms with Gasteiger partial charge >= 0.3 is 0 Å². The molecule has 0 aromatic heterocycles. The van der Waals surface area contributed by atoms with Gasteiger partial charge in [0.15, 0.2) is 0 Å². The summed E-state index contributed by atoms with van der Waals surface area (Å²) in [4.78, 5) is 26.3. The molecular formula is C16H22N2O2. The lowest BCUT2D eigenvalue weighted by molar-refractivity contribution is -0.151. The Morgan fingerprint density at radius 3 is 2.60 bits per heavy atom. The van der Waals surface area contributed by atoms with Crippen LogP contribution in [0.3, 0.4) is 0 Å². The molecule has 20 heavy (non-hydrogen) atoms. The number of nitrogens with zero attached hydrogens (tertiary/aromatic N) is 1.